The Morgan fingerprint density at radius 1 is 1.44 bits per heavy atom. The topological polar surface area (TPSA) is 40.5 Å². The van der Waals surface area contributed by atoms with Crippen LogP contribution >= 0.6 is 7.14 Å². The fraction of sp³-hybridized carbons (Fsp3) is 0.667. The minimum Gasteiger partial charge on any atom is -0.395 e. The summed E-state index contributed by atoms with van der Waals surface area (Å²) in [6.07, 6.45) is 9.31. The molecule has 0 saturated heterocycles. The van der Waals surface area contributed by atoms with Crippen LogP contribution in [-0.2, 0) is 4.57 Å². The molecule has 0 atom stereocenters. The van der Waals surface area contributed by atoms with Crippen LogP contribution in [0.4, 0.5) is 0 Å². The Bertz CT molecular complexity index is 317. The molecule has 92 valence electrons. The molecule has 0 bridgehead atoms. The van der Waals surface area contributed by atoms with Crippen molar-refractivity contribution in [3.8, 4) is 0 Å². The molecule has 0 amide bonds. The summed E-state index contributed by atoms with van der Waals surface area (Å²) in [5, 5.41) is 8.99. The van der Waals surface area contributed by atoms with Gasteiger partial charge in [-0.25, -0.2) is 0 Å². The van der Waals surface area contributed by atoms with Crippen LogP contribution in [-0.4, -0.2) is 49.3 Å². The lowest BCUT2D eigenvalue weighted by Gasteiger charge is -2.24. The van der Waals surface area contributed by atoms with Crippen molar-refractivity contribution >= 4 is 7.14 Å². The lowest BCUT2D eigenvalue weighted by molar-refractivity contribution is 0.223. The third-order valence-corrected chi connectivity index (χ3v) is 3.52. The Morgan fingerprint density at radius 2 is 2.19 bits per heavy atom. The van der Waals surface area contributed by atoms with Crippen LogP contribution in [0.1, 0.15) is 12.8 Å². The molecule has 0 aromatic carbocycles. The largest absolute Gasteiger partial charge is 0.395 e. The molecule has 16 heavy (non-hydrogen) atoms. The van der Waals surface area contributed by atoms with E-state index in [9.17, 15) is 4.57 Å². The van der Waals surface area contributed by atoms with E-state index in [2.05, 4.69) is 23.1 Å². The summed E-state index contributed by atoms with van der Waals surface area (Å²) < 4.78 is 11.8. The van der Waals surface area contributed by atoms with Crippen molar-refractivity contribution in [1.82, 2.24) is 4.90 Å². The van der Waals surface area contributed by atoms with Crippen LogP contribution in [0.5, 0.6) is 0 Å². The minimum atomic E-state index is -2.06. The number of rotatable bonds is 6. The predicted octanol–water partition coefficient (Wildman–Crippen LogP) is 2.14. The highest BCUT2D eigenvalue weighted by Gasteiger charge is 2.15. The monoisotopic (exact) mass is 243 g/mol. The van der Waals surface area contributed by atoms with E-state index in [1.807, 2.05) is 0 Å². The van der Waals surface area contributed by atoms with Gasteiger partial charge in [0, 0.05) is 13.1 Å². The molecule has 1 rings (SSSR count). The molecule has 0 aliphatic heterocycles. The molecule has 1 N–H and O–H groups in total. The summed E-state index contributed by atoms with van der Waals surface area (Å²) in [7, 11) is -2.06. The van der Waals surface area contributed by atoms with E-state index in [4.69, 9.17) is 5.11 Å². The fourth-order valence-corrected chi connectivity index (χ4v) is 3.07. The second kappa shape index (κ2) is 6.39. The Labute approximate surface area is 98.2 Å². The smallest absolute Gasteiger partial charge is 0.0951 e. The van der Waals surface area contributed by atoms with Crippen molar-refractivity contribution in [3.05, 3.63) is 23.8 Å². The maximum Gasteiger partial charge on any atom is 0.0951 e. The van der Waals surface area contributed by atoms with Gasteiger partial charge in [0.2, 0.25) is 0 Å². The Kier molecular flexibility index (Phi) is 5.47. The standard InChI is InChI=1S/C12H22NO2P/c1-16(2,15)11-13(8-9-14)10-12-6-4-3-5-7-12/h4,6-7,14H,3,5,8-11H2,1-2H3. The number of aliphatic hydroxyl groups is 1. The van der Waals surface area contributed by atoms with E-state index in [1.165, 1.54) is 5.57 Å². The Hall–Kier alpha value is -0.370. The number of aliphatic hydroxyl groups excluding tert-OH is 1. The normalized spacial score (nSPS) is 16.6. The van der Waals surface area contributed by atoms with Gasteiger partial charge < -0.3 is 9.67 Å². The minimum absolute atomic E-state index is 0.122. The molecule has 0 fully saturated rings. The predicted molar refractivity (Wildman–Crippen MR) is 69.4 cm³/mol. The third-order valence-electron chi connectivity index (χ3n) is 2.43. The molecule has 0 spiro atoms. The van der Waals surface area contributed by atoms with Crippen molar-refractivity contribution in [2.24, 2.45) is 0 Å². The number of hydrogen-bond acceptors (Lipinski definition) is 3. The molecule has 0 aromatic rings. The van der Waals surface area contributed by atoms with Gasteiger partial charge >= 0.3 is 0 Å². The average Bonchev–Trinajstić information content (AvgIpc) is 2.17. The van der Waals surface area contributed by atoms with Crippen LogP contribution < -0.4 is 0 Å². The van der Waals surface area contributed by atoms with E-state index in [0.29, 0.717) is 12.8 Å². The van der Waals surface area contributed by atoms with Gasteiger partial charge in [-0.05, 0) is 31.7 Å². The van der Waals surface area contributed by atoms with Crippen LogP contribution in [0.3, 0.4) is 0 Å². The Balaban J connectivity index is 2.53. The number of hydrogen-bond donors (Lipinski definition) is 1. The van der Waals surface area contributed by atoms with Gasteiger partial charge in [0.25, 0.3) is 0 Å². The van der Waals surface area contributed by atoms with Gasteiger partial charge in [0.05, 0.1) is 20.0 Å². The van der Waals surface area contributed by atoms with Crippen LogP contribution in [0.2, 0.25) is 0 Å². The first-order chi connectivity index (χ1) is 7.51. The van der Waals surface area contributed by atoms with Gasteiger partial charge in [0.15, 0.2) is 0 Å². The molecule has 0 unspecified atom stereocenters. The van der Waals surface area contributed by atoms with E-state index < -0.39 is 7.14 Å². The summed E-state index contributed by atoms with van der Waals surface area (Å²) >= 11 is 0. The second-order valence-corrected chi connectivity index (χ2v) is 8.18. The van der Waals surface area contributed by atoms with E-state index in [1.54, 1.807) is 13.3 Å². The summed E-state index contributed by atoms with van der Waals surface area (Å²) in [6.45, 7) is 5.10. The van der Waals surface area contributed by atoms with Crippen molar-refractivity contribution < 1.29 is 9.67 Å². The van der Waals surface area contributed by atoms with Crippen molar-refractivity contribution in [2.75, 3.05) is 39.3 Å². The van der Waals surface area contributed by atoms with E-state index in [0.717, 1.165) is 19.4 Å². The average molecular weight is 243 g/mol. The molecule has 0 aromatic heterocycles. The second-order valence-electron chi connectivity index (χ2n) is 4.75. The maximum atomic E-state index is 11.8. The van der Waals surface area contributed by atoms with Crippen LogP contribution in [0.15, 0.2) is 23.8 Å². The first-order valence-electron chi connectivity index (χ1n) is 5.74. The van der Waals surface area contributed by atoms with Gasteiger partial charge in [-0.3, -0.25) is 4.90 Å². The molecule has 1 aliphatic carbocycles. The lowest BCUT2D eigenvalue weighted by Crippen LogP contribution is -2.29. The molecule has 4 heteroatoms. The molecular weight excluding hydrogens is 221 g/mol. The Morgan fingerprint density at radius 3 is 2.69 bits per heavy atom. The van der Waals surface area contributed by atoms with Crippen molar-refractivity contribution in [2.45, 2.75) is 12.8 Å². The number of allylic oxidation sites excluding steroid dienone is 2. The first-order valence-corrected chi connectivity index (χ1v) is 8.53. The van der Waals surface area contributed by atoms with Crippen molar-refractivity contribution in [1.29, 1.82) is 0 Å². The van der Waals surface area contributed by atoms with E-state index >= 15 is 0 Å². The SMILES string of the molecule is CP(C)(=O)CN(CCO)CC1=CCCC=C1. The molecule has 0 radical (unpaired) electrons. The summed E-state index contributed by atoms with van der Waals surface area (Å²) in [4.78, 5) is 2.07. The zero-order valence-electron chi connectivity index (χ0n) is 10.2. The fourth-order valence-electron chi connectivity index (χ4n) is 1.87. The van der Waals surface area contributed by atoms with Crippen LogP contribution in [0, 0.1) is 0 Å². The third kappa shape index (κ3) is 5.64. The quantitative estimate of drug-likeness (QED) is 0.727. The molecule has 0 saturated carbocycles. The van der Waals surface area contributed by atoms with E-state index in [-0.39, 0.29) is 6.61 Å². The molecule has 1 aliphatic rings. The summed E-state index contributed by atoms with van der Waals surface area (Å²) in [5.41, 5.74) is 1.27. The summed E-state index contributed by atoms with van der Waals surface area (Å²) in [5.74, 6) is 0. The highest BCUT2D eigenvalue weighted by Crippen LogP contribution is 2.36. The highest BCUT2D eigenvalue weighted by molar-refractivity contribution is 7.62. The zero-order chi connectivity index (χ0) is 12.0. The van der Waals surface area contributed by atoms with Gasteiger partial charge in [-0.15, -0.1) is 0 Å². The molecule has 0 heterocycles. The summed E-state index contributed by atoms with van der Waals surface area (Å²) in [6, 6.07) is 0. The molecular formula is C12H22NO2P. The van der Waals surface area contributed by atoms with Crippen molar-refractivity contribution in [3.63, 3.8) is 0 Å². The maximum absolute atomic E-state index is 11.8. The number of nitrogens with zero attached hydrogens (tertiary/aromatic N) is 1. The zero-order valence-corrected chi connectivity index (χ0v) is 11.1. The lowest BCUT2D eigenvalue weighted by atomic mass is 10.1. The van der Waals surface area contributed by atoms with Gasteiger partial charge in [-0.1, -0.05) is 18.2 Å². The van der Waals surface area contributed by atoms with Crippen LogP contribution in [0.25, 0.3) is 0 Å². The molecule has 3 nitrogen and oxygen atoms in total. The first kappa shape index (κ1) is 13.7. The van der Waals surface area contributed by atoms with Gasteiger partial charge in [-0.2, -0.15) is 0 Å². The van der Waals surface area contributed by atoms with Gasteiger partial charge in [0.1, 0.15) is 0 Å². The highest BCUT2D eigenvalue weighted by atomic mass is 31.2.